The van der Waals surface area contributed by atoms with Crippen LogP contribution < -0.4 is 4.74 Å². The Morgan fingerprint density at radius 2 is 2.00 bits per heavy atom. The Balaban J connectivity index is 3.45. The van der Waals surface area contributed by atoms with Crippen LogP contribution in [0.15, 0.2) is 12.1 Å². The number of Topliss-reactive ketones (excluding diaryl/α,β-unsaturated/α-hetero) is 1. The Morgan fingerprint density at radius 1 is 1.41 bits per heavy atom. The molecule has 1 aromatic rings. The zero-order valence-corrected chi connectivity index (χ0v) is 11.3. The highest BCUT2D eigenvalue weighted by Crippen LogP contribution is 2.37. The molecule has 0 spiro atoms. The topological polar surface area (TPSA) is 26.3 Å². The molecule has 0 heterocycles. The lowest BCUT2D eigenvalue weighted by molar-refractivity contribution is -0.138. The number of ether oxygens (including phenoxy) is 1. The van der Waals surface area contributed by atoms with Crippen molar-refractivity contribution in [2.75, 3.05) is 6.61 Å². The van der Waals surface area contributed by atoms with Crippen molar-refractivity contribution in [2.45, 2.75) is 20.0 Å². The molecule has 0 amide bonds. The van der Waals surface area contributed by atoms with Gasteiger partial charge in [0.1, 0.15) is 5.75 Å². The highest BCUT2D eigenvalue weighted by molar-refractivity contribution is 14.1. The monoisotopic (exact) mass is 358 g/mol. The first-order valence-corrected chi connectivity index (χ1v) is 5.90. The Kier molecular flexibility index (Phi) is 4.40. The van der Waals surface area contributed by atoms with Crippen LogP contribution in [-0.2, 0) is 6.18 Å². The predicted octanol–water partition coefficient (Wildman–Crippen LogP) is 3.91. The van der Waals surface area contributed by atoms with Gasteiger partial charge in [0.05, 0.1) is 15.7 Å². The number of benzene rings is 1. The molecule has 1 aromatic carbocycles. The third-order valence-corrected chi connectivity index (χ3v) is 3.13. The van der Waals surface area contributed by atoms with Gasteiger partial charge in [-0.25, -0.2) is 0 Å². The van der Waals surface area contributed by atoms with E-state index in [0.717, 1.165) is 13.0 Å². The number of ketones is 1. The predicted molar refractivity (Wildman–Crippen MR) is 65.3 cm³/mol. The molecule has 0 aliphatic carbocycles. The average molecular weight is 358 g/mol. The standard InChI is InChI=1S/C11H10F3IO2/c1-3-17-8-5-4-7(11(12,13)14)9(6(2)16)10(8)15/h4-5H,3H2,1-2H3. The van der Waals surface area contributed by atoms with Crippen molar-refractivity contribution in [1.29, 1.82) is 0 Å². The zero-order valence-electron chi connectivity index (χ0n) is 9.19. The van der Waals surface area contributed by atoms with Gasteiger partial charge in [0.2, 0.25) is 0 Å². The lowest BCUT2D eigenvalue weighted by Crippen LogP contribution is -2.14. The van der Waals surface area contributed by atoms with E-state index in [1.54, 1.807) is 29.5 Å². The molecule has 0 bridgehead atoms. The van der Waals surface area contributed by atoms with Gasteiger partial charge in [0.15, 0.2) is 5.78 Å². The molecule has 0 aliphatic heterocycles. The average Bonchev–Trinajstić information content (AvgIpc) is 2.18. The van der Waals surface area contributed by atoms with Crippen molar-refractivity contribution >= 4 is 28.4 Å². The summed E-state index contributed by atoms with van der Waals surface area (Å²) in [7, 11) is 0. The highest BCUT2D eigenvalue weighted by Gasteiger charge is 2.36. The minimum Gasteiger partial charge on any atom is -0.493 e. The lowest BCUT2D eigenvalue weighted by Gasteiger charge is -2.15. The van der Waals surface area contributed by atoms with Crippen molar-refractivity contribution in [3.8, 4) is 5.75 Å². The molecule has 0 radical (unpaired) electrons. The summed E-state index contributed by atoms with van der Waals surface area (Å²) in [4.78, 5) is 11.3. The quantitative estimate of drug-likeness (QED) is 0.605. The van der Waals surface area contributed by atoms with Crippen LogP contribution in [0.1, 0.15) is 29.8 Å². The van der Waals surface area contributed by atoms with Crippen LogP contribution in [0.5, 0.6) is 5.75 Å². The van der Waals surface area contributed by atoms with E-state index in [1.165, 1.54) is 6.07 Å². The fourth-order valence-electron chi connectivity index (χ4n) is 1.40. The summed E-state index contributed by atoms with van der Waals surface area (Å²) >= 11 is 1.70. The molecule has 0 aliphatic rings. The van der Waals surface area contributed by atoms with Crippen LogP contribution >= 0.6 is 22.6 Å². The Labute approximate surface area is 110 Å². The van der Waals surface area contributed by atoms with Crippen molar-refractivity contribution < 1.29 is 22.7 Å². The summed E-state index contributed by atoms with van der Waals surface area (Å²) < 4.78 is 43.5. The molecule has 0 fully saturated rings. The van der Waals surface area contributed by atoms with Crippen molar-refractivity contribution in [3.05, 3.63) is 26.8 Å². The Morgan fingerprint density at radius 3 is 2.41 bits per heavy atom. The van der Waals surface area contributed by atoms with Crippen LogP contribution in [0.3, 0.4) is 0 Å². The van der Waals surface area contributed by atoms with E-state index >= 15 is 0 Å². The number of carbonyl (C=O) groups excluding carboxylic acids is 1. The smallest absolute Gasteiger partial charge is 0.417 e. The molecule has 0 atom stereocenters. The molecule has 6 heteroatoms. The van der Waals surface area contributed by atoms with Crippen LogP contribution in [0.2, 0.25) is 0 Å². The van der Waals surface area contributed by atoms with E-state index in [-0.39, 0.29) is 9.13 Å². The number of alkyl halides is 3. The fourth-order valence-corrected chi connectivity index (χ4v) is 2.41. The van der Waals surface area contributed by atoms with Gasteiger partial charge in [-0.05, 0) is 48.6 Å². The molecule has 0 aromatic heterocycles. The number of hydrogen-bond acceptors (Lipinski definition) is 2. The SMILES string of the molecule is CCOc1ccc(C(F)(F)F)c(C(C)=O)c1I. The maximum Gasteiger partial charge on any atom is 0.417 e. The van der Waals surface area contributed by atoms with Gasteiger partial charge in [-0.15, -0.1) is 0 Å². The number of halogens is 4. The van der Waals surface area contributed by atoms with E-state index < -0.39 is 17.5 Å². The summed E-state index contributed by atoms with van der Waals surface area (Å²) in [6.07, 6.45) is -4.54. The molecule has 1 rings (SSSR count). The Hall–Kier alpha value is -0.790. The minimum atomic E-state index is -4.54. The Bertz CT molecular complexity index is 441. The van der Waals surface area contributed by atoms with E-state index in [0.29, 0.717) is 12.4 Å². The van der Waals surface area contributed by atoms with Gasteiger partial charge in [-0.3, -0.25) is 4.79 Å². The maximum atomic E-state index is 12.7. The molecule has 17 heavy (non-hydrogen) atoms. The summed E-state index contributed by atoms with van der Waals surface area (Å²) in [5.41, 5.74) is -1.25. The van der Waals surface area contributed by atoms with Gasteiger partial charge in [0, 0.05) is 5.56 Å². The number of rotatable bonds is 3. The summed E-state index contributed by atoms with van der Waals surface area (Å²) in [6, 6.07) is 2.12. The molecule has 0 N–H and O–H groups in total. The van der Waals surface area contributed by atoms with Crippen molar-refractivity contribution in [3.63, 3.8) is 0 Å². The maximum absolute atomic E-state index is 12.7. The van der Waals surface area contributed by atoms with Gasteiger partial charge >= 0.3 is 6.18 Å². The third-order valence-electron chi connectivity index (χ3n) is 2.06. The molecule has 94 valence electrons. The lowest BCUT2D eigenvalue weighted by atomic mass is 10.0. The molecule has 2 nitrogen and oxygen atoms in total. The number of hydrogen-bond donors (Lipinski definition) is 0. The zero-order chi connectivity index (χ0) is 13.2. The fraction of sp³-hybridized carbons (Fsp3) is 0.364. The van der Waals surface area contributed by atoms with Gasteiger partial charge in [-0.2, -0.15) is 13.2 Å². The van der Waals surface area contributed by atoms with E-state index in [4.69, 9.17) is 4.74 Å². The van der Waals surface area contributed by atoms with Crippen molar-refractivity contribution in [1.82, 2.24) is 0 Å². The van der Waals surface area contributed by atoms with Crippen LogP contribution in [0, 0.1) is 3.57 Å². The molecular formula is C11H10F3IO2. The molecule has 0 saturated carbocycles. The van der Waals surface area contributed by atoms with E-state index in [2.05, 4.69) is 0 Å². The van der Waals surface area contributed by atoms with Crippen molar-refractivity contribution in [2.24, 2.45) is 0 Å². The largest absolute Gasteiger partial charge is 0.493 e. The second kappa shape index (κ2) is 5.24. The normalized spacial score (nSPS) is 11.4. The minimum absolute atomic E-state index is 0.201. The van der Waals surface area contributed by atoms with E-state index in [9.17, 15) is 18.0 Å². The summed E-state index contributed by atoms with van der Waals surface area (Å²) in [5, 5.41) is 0. The van der Waals surface area contributed by atoms with E-state index in [1.807, 2.05) is 0 Å². The van der Waals surface area contributed by atoms with Crippen LogP contribution in [0.25, 0.3) is 0 Å². The second-order valence-electron chi connectivity index (χ2n) is 3.29. The third kappa shape index (κ3) is 3.11. The summed E-state index contributed by atoms with van der Waals surface area (Å²) in [6.45, 7) is 3.17. The van der Waals surface area contributed by atoms with Gasteiger partial charge in [0.25, 0.3) is 0 Å². The number of carbonyl (C=O) groups is 1. The first-order valence-electron chi connectivity index (χ1n) is 4.82. The summed E-state index contributed by atoms with van der Waals surface area (Å²) in [5.74, 6) is -0.324. The molecular weight excluding hydrogens is 348 g/mol. The van der Waals surface area contributed by atoms with Gasteiger partial charge in [-0.1, -0.05) is 0 Å². The van der Waals surface area contributed by atoms with Crippen LogP contribution in [0.4, 0.5) is 13.2 Å². The first-order chi connectivity index (χ1) is 7.79. The molecule has 0 unspecified atom stereocenters. The highest BCUT2D eigenvalue weighted by atomic mass is 127. The second-order valence-corrected chi connectivity index (χ2v) is 4.37. The first kappa shape index (κ1) is 14.3. The van der Waals surface area contributed by atoms with Gasteiger partial charge < -0.3 is 4.74 Å². The molecule has 0 saturated heterocycles. The van der Waals surface area contributed by atoms with Crippen LogP contribution in [-0.4, -0.2) is 12.4 Å².